The molecule has 1 amide bonds. The zero-order valence-corrected chi connectivity index (χ0v) is 17.7. The molecule has 1 heterocycles. The molecule has 0 bridgehead atoms. The van der Waals surface area contributed by atoms with Crippen LogP contribution in [0, 0.1) is 5.82 Å². The van der Waals surface area contributed by atoms with Crippen molar-refractivity contribution in [3.8, 4) is 5.75 Å². The Kier molecular flexibility index (Phi) is 6.38. The van der Waals surface area contributed by atoms with E-state index in [4.69, 9.17) is 22.1 Å². The van der Waals surface area contributed by atoms with Crippen LogP contribution in [0.25, 0.3) is 10.9 Å². The molecular weight excluding hydrogens is 409 g/mol. The van der Waals surface area contributed by atoms with Gasteiger partial charge < -0.3 is 21.1 Å². The van der Waals surface area contributed by atoms with Gasteiger partial charge in [-0.15, -0.1) is 0 Å². The molecular formula is C21H23ClFN5O2. The molecule has 3 rings (SSSR count). The third kappa shape index (κ3) is 4.29. The molecule has 9 heteroatoms. The number of halogens is 2. The summed E-state index contributed by atoms with van der Waals surface area (Å²) in [6.45, 7) is 4.21. The summed E-state index contributed by atoms with van der Waals surface area (Å²) in [6.07, 6.45) is 1.66. The lowest BCUT2D eigenvalue weighted by molar-refractivity contribution is -0.123. The number of carbonyl (C=O) groups excluding carboxylic acids is 1. The van der Waals surface area contributed by atoms with Gasteiger partial charge in [-0.25, -0.2) is 14.4 Å². The van der Waals surface area contributed by atoms with E-state index in [9.17, 15) is 9.18 Å². The van der Waals surface area contributed by atoms with E-state index in [0.717, 1.165) is 5.56 Å². The normalized spacial score (nSPS) is 13.1. The Hall–Kier alpha value is -2.97. The van der Waals surface area contributed by atoms with Gasteiger partial charge in [0.1, 0.15) is 17.9 Å². The minimum atomic E-state index is -0.974. The van der Waals surface area contributed by atoms with E-state index in [1.165, 1.54) is 12.4 Å². The van der Waals surface area contributed by atoms with E-state index >= 15 is 0 Å². The Labute approximate surface area is 178 Å². The Balaban J connectivity index is 2.10. The number of amides is 1. The fraction of sp³-hybridized carbons (Fsp3) is 0.286. The highest BCUT2D eigenvalue weighted by atomic mass is 35.5. The maximum atomic E-state index is 14.4. The molecule has 0 spiro atoms. The van der Waals surface area contributed by atoms with Crippen molar-refractivity contribution in [2.75, 3.05) is 19.0 Å². The predicted molar refractivity (Wildman–Crippen MR) is 116 cm³/mol. The number of benzene rings is 2. The molecule has 0 aliphatic carbocycles. The van der Waals surface area contributed by atoms with Crippen LogP contribution in [0.3, 0.4) is 0 Å². The van der Waals surface area contributed by atoms with Crippen molar-refractivity contribution in [3.05, 3.63) is 53.1 Å². The van der Waals surface area contributed by atoms with Gasteiger partial charge in [0.05, 0.1) is 28.9 Å². The molecule has 0 unspecified atom stereocenters. The number of nitrogens with zero attached hydrogens (tertiary/aromatic N) is 2. The molecule has 4 N–H and O–H groups in total. The van der Waals surface area contributed by atoms with Gasteiger partial charge in [0, 0.05) is 17.9 Å². The zero-order chi connectivity index (χ0) is 21.9. The molecule has 3 aromatic rings. The molecule has 158 valence electrons. The van der Waals surface area contributed by atoms with E-state index < -0.39 is 17.3 Å². The summed E-state index contributed by atoms with van der Waals surface area (Å²) in [6, 6.07) is 8.24. The first-order chi connectivity index (χ1) is 14.3. The predicted octanol–water partition coefficient (Wildman–Crippen LogP) is 3.57. The number of fused-ring (bicyclic) bond motifs is 1. The monoisotopic (exact) mass is 431 g/mol. The fourth-order valence-electron chi connectivity index (χ4n) is 3.29. The molecule has 1 aromatic heterocycles. The average molecular weight is 432 g/mol. The molecule has 1 atom stereocenters. The standard InChI is InChI=1S/C21H23ClFN5O2/c1-4-27-21(2,20(24)29)10-12-8-13-16(9-17(12)30-3)25-11-26-19(13)28-15-7-5-6-14(22)18(15)23/h5-9,11,27H,4,10H2,1-3H3,(H2,24,29)(H,25,26,28)/t21-/m0/s1. The number of carbonyl (C=O) groups is 1. The molecule has 0 saturated carbocycles. The highest BCUT2D eigenvalue weighted by Gasteiger charge is 2.31. The summed E-state index contributed by atoms with van der Waals surface area (Å²) in [5.74, 6) is -0.0935. The van der Waals surface area contributed by atoms with E-state index in [1.54, 1.807) is 32.2 Å². The number of anilines is 2. The summed E-state index contributed by atoms with van der Waals surface area (Å²) >= 11 is 5.88. The highest BCUT2D eigenvalue weighted by Crippen LogP contribution is 2.33. The van der Waals surface area contributed by atoms with Crippen molar-refractivity contribution >= 4 is 39.9 Å². The average Bonchev–Trinajstić information content (AvgIpc) is 2.71. The number of likely N-dealkylation sites (N-methyl/N-ethyl adjacent to an activating group) is 1. The van der Waals surface area contributed by atoms with Crippen LogP contribution in [0.2, 0.25) is 5.02 Å². The van der Waals surface area contributed by atoms with Gasteiger partial charge >= 0.3 is 0 Å². The van der Waals surface area contributed by atoms with Gasteiger partial charge in [-0.3, -0.25) is 4.79 Å². The van der Waals surface area contributed by atoms with Gasteiger partial charge in [-0.05, 0) is 37.2 Å². The van der Waals surface area contributed by atoms with Crippen molar-refractivity contribution < 1.29 is 13.9 Å². The van der Waals surface area contributed by atoms with Gasteiger partial charge in [0.15, 0.2) is 5.82 Å². The summed E-state index contributed by atoms with van der Waals surface area (Å²) in [5, 5.41) is 6.74. The minimum Gasteiger partial charge on any atom is -0.496 e. The smallest absolute Gasteiger partial charge is 0.237 e. The van der Waals surface area contributed by atoms with Crippen molar-refractivity contribution in [1.29, 1.82) is 0 Å². The number of hydrogen-bond donors (Lipinski definition) is 3. The Bertz CT molecular complexity index is 1090. The van der Waals surface area contributed by atoms with Gasteiger partial charge in [0.25, 0.3) is 0 Å². The molecule has 7 nitrogen and oxygen atoms in total. The lowest BCUT2D eigenvalue weighted by Crippen LogP contribution is -2.54. The van der Waals surface area contributed by atoms with Crippen LogP contribution < -0.4 is 21.1 Å². The number of aromatic nitrogens is 2. The van der Waals surface area contributed by atoms with Gasteiger partial charge in [-0.1, -0.05) is 24.6 Å². The van der Waals surface area contributed by atoms with E-state index in [1.807, 2.05) is 13.0 Å². The number of rotatable bonds is 8. The highest BCUT2D eigenvalue weighted by molar-refractivity contribution is 6.31. The van der Waals surface area contributed by atoms with Crippen molar-refractivity contribution in [1.82, 2.24) is 15.3 Å². The first-order valence-electron chi connectivity index (χ1n) is 9.36. The third-order valence-corrected chi connectivity index (χ3v) is 5.19. The largest absolute Gasteiger partial charge is 0.496 e. The lowest BCUT2D eigenvalue weighted by atomic mass is 9.90. The number of hydrogen-bond acceptors (Lipinski definition) is 6. The maximum absolute atomic E-state index is 14.4. The SMILES string of the molecule is CCN[C@@](C)(Cc1cc2c(Nc3cccc(Cl)c3F)ncnc2cc1OC)C(N)=O. The second-order valence-electron chi connectivity index (χ2n) is 7.03. The maximum Gasteiger partial charge on any atom is 0.237 e. The molecule has 0 fully saturated rings. The topological polar surface area (TPSA) is 102 Å². The van der Waals surface area contributed by atoms with Crippen LogP contribution in [0.1, 0.15) is 19.4 Å². The lowest BCUT2D eigenvalue weighted by Gasteiger charge is -2.28. The Morgan fingerprint density at radius 1 is 1.33 bits per heavy atom. The van der Waals surface area contributed by atoms with Gasteiger partial charge in [0.2, 0.25) is 5.91 Å². The molecule has 0 saturated heterocycles. The first-order valence-corrected chi connectivity index (χ1v) is 9.74. The summed E-state index contributed by atoms with van der Waals surface area (Å²) < 4.78 is 19.9. The number of methoxy groups -OCH3 is 1. The molecule has 2 aromatic carbocycles. The fourth-order valence-corrected chi connectivity index (χ4v) is 3.47. The van der Waals surface area contributed by atoms with Crippen LogP contribution in [-0.2, 0) is 11.2 Å². The van der Waals surface area contributed by atoms with Gasteiger partial charge in [-0.2, -0.15) is 0 Å². The number of nitrogens with one attached hydrogen (secondary N) is 2. The Morgan fingerprint density at radius 2 is 2.10 bits per heavy atom. The number of primary amides is 1. The second kappa shape index (κ2) is 8.81. The molecule has 0 radical (unpaired) electrons. The summed E-state index contributed by atoms with van der Waals surface area (Å²) in [7, 11) is 1.54. The van der Waals surface area contributed by atoms with E-state index in [-0.39, 0.29) is 17.1 Å². The summed E-state index contributed by atoms with van der Waals surface area (Å²) in [4.78, 5) is 20.6. The van der Waals surface area contributed by atoms with Crippen molar-refractivity contribution in [2.45, 2.75) is 25.8 Å². The van der Waals surface area contributed by atoms with E-state index in [0.29, 0.717) is 29.0 Å². The quantitative estimate of drug-likeness (QED) is 0.504. The van der Waals surface area contributed by atoms with Crippen molar-refractivity contribution in [2.24, 2.45) is 5.73 Å². The molecule has 30 heavy (non-hydrogen) atoms. The van der Waals surface area contributed by atoms with Crippen LogP contribution in [0.5, 0.6) is 5.75 Å². The molecule has 0 aliphatic rings. The van der Waals surface area contributed by atoms with Crippen LogP contribution in [0.4, 0.5) is 15.9 Å². The minimum absolute atomic E-state index is 0.00332. The second-order valence-corrected chi connectivity index (χ2v) is 7.44. The first kappa shape index (κ1) is 21.7. The van der Waals surface area contributed by atoms with Crippen LogP contribution in [-0.4, -0.2) is 35.1 Å². The van der Waals surface area contributed by atoms with Crippen molar-refractivity contribution in [3.63, 3.8) is 0 Å². The van der Waals surface area contributed by atoms with E-state index in [2.05, 4.69) is 20.6 Å². The Morgan fingerprint density at radius 3 is 2.77 bits per heavy atom. The van der Waals surface area contributed by atoms with Crippen LogP contribution in [0.15, 0.2) is 36.7 Å². The third-order valence-electron chi connectivity index (χ3n) is 4.90. The zero-order valence-electron chi connectivity index (χ0n) is 16.9. The molecule has 0 aliphatic heterocycles. The number of nitrogens with two attached hydrogens (primary N) is 1. The number of ether oxygens (including phenoxy) is 1. The summed E-state index contributed by atoms with van der Waals surface area (Å²) in [5.41, 5.74) is 6.18. The van der Waals surface area contributed by atoms with Crippen LogP contribution >= 0.6 is 11.6 Å².